The zero-order valence-corrected chi connectivity index (χ0v) is 10.8. The lowest BCUT2D eigenvalue weighted by Gasteiger charge is -2.23. The Bertz CT molecular complexity index is 340. The molecule has 1 rings (SSSR count). The van der Waals surface area contributed by atoms with E-state index in [-0.39, 0.29) is 17.9 Å². The van der Waals surface area contributed by atoms with E-state index in [0.717, 1.165) is 11.4 Å². The zero-order valence-electron chi connectivity index (χ0n) is 10.0. The van der Waals surface area contributed by atoms with Gasteiger partial charge in [-0.3, -0.25) is 0 Å². The largest absolute Gasteiger partial charge is 0.397 e. The van der Waals surface area contributed by atoms with Gasteiger partial charge >= 0.3 is 0 Å². The number of thioether (sulfide) groups is 1. The Morgan fingerprint density at radius 1 is 1.50 bits per heavy atom. The molecular weight excluding hydrogens is 220 g/mol. The summed E-state index contributed by atoms with van der Waals surface area (Å²) < 4.78 is 0. The molecule has 0 aliphatic carbocycles. The van der Waals surface area contributed by atoms with E-state index in [1.807, 2.05) is 31.4 Å². The molecule has 0 amide bonds. The van der Waals surface area contributed by atoms with Crippen molar-refractivity contribution in [1.29, 1.82) is 0 Å². The summed E-state index contributed by atoms with van der Waals surface area (Å²) in [5.41, 5.74) is 8.75. The van der Waals surface area contributed by atoms with Gasteiger partial charge in [-0.25, -0.2) is 0 Å². The summed E-state index contributed by atoms with van der Waals surface area (Å²) in [6.45, 7) is 4.26. The third-order valence-electron chi connectivity index (χ3n) is 2.63. The van der Waals surface area contributed by atoms with Crippen LogP contribution < -0.4 is 11.1 Å². The van der Waals surface area contributed by atoms with E-state index in [9.17, 15) is 5.11 Å². The van der Waals surface area contributed by atoms with Gasteiger partial charge in [-0.1, -0.05) is 6.07 Å². The van der Waals surface area contributed by atoms with Crippen LogP contribution in [0.3, 0.4) is 0 Å². The van der Waals surface area contributed by atoms with Gasteiger partial charge < -0.3 is 16.2 Å². The highest BCUT2D eigenvalue weighted by molar-refractivity contribution is 7.99. The van der Waals surface area contributed by atoms with Crippen LogP contribution in [0.5, 0.6) is 0 Å². The number of aliphatic hydroxyl groups is 1. The third kappa shape index (κ3) is 3.32. The van der Waals surface area contributed by atoms with Crippen LogP contribution in [0.25, 0.3) is 0 Å². The molecule has 16 heavy (non-hydrogen) atoms. The predicted molar refractivity (Wildman–Crippen MR) is 73.1 cm³/mol. The number of rotatable bonds is 5. The van der Waals surface area contributed by atoms with Gasteiger partial charge in [0.25, 0.3) is 0 Å². The van der Waals surface area contributed by atoms with E-state index in [0.29, 0.717) is 0 Å². The molecule has 0 aromatic heterocycles. The standard InChI is InChI=1S/C12H20N2OS/c1-8-4-5-10(13)11(6-8)14-9(2)12(7-15)16-3/h4-6,9,12,14-15H,7,13H2,1-3H3. The maximum absolute atomic E-state index is 9.21. The minimum absolute atomic E-state index is 0.168. The zero-order chi connectivity index (χ0) is 12.1. The molecule has 0 fully saturated rings. The van der Waals surface area contributed by atoms with Crippen molar-refractivity contribution in [2.75, 3.05) is 23.9 Å². The molecule has 0 radical (unpaired) electrons. The van der Waals surface area contributed by atoms with Gasteiger partial charge in [-0.2, -0.15) is 11.8 Å². The van der Waals surface area contributed by atoms with E-state index in [4.69, 9.17) is 5.73 Å². The van der Waals surface area contributed by atoms with Gasteiger partial charge in [0.1, 0.15) is 0 Å². The van der Waals surface area contributed by atoms with Gasteiger partial charge in [0.15, 0.2) is 0 Å². The number of aliphatic hydroxyl groups excluding tert-OH is 1. The average Bonchev–Trinajstić information content (AvgIpc) is 2.25. The number of nitrogens with one attached hydrogen (secondary N) is 1. The van der Waals surface area contributed by atoms with E-state index in [1.165, 1.54) is 5.56 Å². The minimum atomic E-state index is 0.168. The molecule has 1 aromatic rings. The number of nitrogen functional groups attached to an aromatic ring is 1. The van der Waals surface area contributed by atoms with Crippen molar-refractivity contribution in [3.63, 3.8) is 0 Å². The Labute approximate surface area is 101 Å². The number of anilines is 2. The van der Waals surface area contributed by atoms with E-state index in [1.54, 1.807) is 11.8 Å². The SMILES string of the molecule is CSC(CO)C(C)Nc1cc(C)ccc1N. The van der Waals surface area contributed by atoms with Gasteiger partial charge in [-0.05, 0) is 37.8 Å². The molecule has 2 unspecified atom stereocenters. The van der Waals surface area contributed by atoms with Gasteiger partial charge in [0.2, 0.25) is 0 Å². The van der Waals surface area contributed by atoms with E-state index >= 15 is 0 Å². The lowest BCUT2D eigenvalue weighted by atomic mass is 10.1. The van der Waals surface area contributed by atoms with Crippen LogP contribution in [0, 0.1) is 6.92 Å². The van der Waals surface area contributed by atoms with Crippen molar-refractivity contribution < 1.29 is 5.11 Å². The molecule has 0 saturated heterocycles. The second-order valence-corrected chi connectivity index (χ2v) is 5.06. The molecule has 0 aliphatic rings. The van der Waals surface area contributed by atoms with Gasteiger partial charge in [0.05, 0.1) is 18.0 Å². The highest BCUT2D eigenvalue weighted by Gasteiger charge is 2.15. The fourth-order valence-corrected chi connectivity index (χ4v) is 2.20. The maximum atomic E-state index is 9.21. The topological polar surface area (TPSA) is 58.3 Å². The van der Waals surface area contributed by atoms with Crippen molar-refractivity contribution in [2.45, 2.75) is 25.1 Å². The number of hydrogen-bond acceptors (Lipinski definition) is 4. The first-order valence-electron chi connectivity index (χ1n) is 5.34. The van der Waals surface area contributed by atoms with Crippen LogP contribution in [0.15, 0.2) is 18.2 Å². The quantitative estimate of drug-likeness (QED) is 0.690. The monoisotopic (exact) mass is 240 g/mol. The van der Waals surface area contributed by atoms with Crippen LogP contribution in [0.1, 0.15) is 12.5 Å². The van der Waals surface area contributed by atoms with Crippen LogP contribution in [-0.2, 0) is 0 Å². The van der Waals surface area contributed by atoms with Crippen molar-refractivity contribution in [3.05, 3.63) is 23.8 Å². The lowest BCUT2D eigenvalue weighted by molar-refractivity contribution is 0.288. The van der Waals surface area contributed by atoms with Crippen LogP contribution in [0.2, 0.25) is 0 Å². The fraction of sp³-hybridized carbons (Fsp3) is 0.500. The number of nitrogens with two attached hydrogens (primary N) is 1. The Kier molecular flexibility index (Phi) is 4.96. The normalized spacial score (nSPS) is 14.5. The van der Waals surface area contributed by atoms with Crippen molar-refractivity contribution in [3.8, 4) is 0 Å². The summed E-state index contributed by atoms with van der Waals surface area (Å²) in [5, 5.41) is 12.7. The first kappa shape index (κ1) is 13.2. The van der Waals surface area contributed by atoms with Crippen molar-refractivity contribution in [2.24, 2.45) is 0 Å². The van der Waals surface area contributed by atoms with Crippen LogP contribution >= 0.6 is 11.8 Å². The third-order valence-corrected chi connectivity index (χ3v) is 3.80. The fourth-order valence-electron chi connectivity index (χ4n) is 1.57. The molecule has 0 heterocycles. The molecule has 90 valence electrons. The highest BCUT2D eigenvalue weighted by atomic mass is 32.2. The first-order valence-corrected chi connectivity index (χ1v) is 6.63. The number of benzene rings is 1. The van der Waals surface area contributed by atoms with E-state index in [2.05, 4.69) is 12.2 Å². The Hall–Kier alpha value is -0.870. The summed E-state index contributed by atoms with van der Waals surface area (Å²) in [7, 11) is 0. The molecule has 4 heteroatoms. The molecular formula is C12H20N2OS. The Balaban J connectivity index is 2.75. The van der Waals surface area contributed by atoms with Gasteiger partial charge in [-0.15, -0.1) is 0 Å². The van der Waals surface area contributed by atoms with Crippen molar-refractivity contribution in [1.82, 2.24) is 0 Å². The molecule has 2 atom stereocenters. The number of aryl methyl sites for hydroxylation is 1. The summed E-state index contributed by atoms with van der Waals surface area (Å²) in [5.74, 6) is 0. The smallest absolute Gasteiger partial charge is 0.0579 e. The molecule has 0 bridgehead atoms. The highest BCUT2D eigenvalue weighted by Crippen LogP contribution is 2.22. The maximum Gasteiger partial charge on any atom is 0.0579 e. The molecule has 4 N–H and O–H groups in total. The second kappa shape index (κ2) is 6.01. The van der Waals surface area contributed by atoms with E-state index < -0.39 is 0 Å². The summed E-state index contributed by atoms with van der Waals surface area (Å²) in [6, 6.07) is 6.10. The van der Waals surface area contributed by atoms with Crippen molar-refractivity contribution >= 4 is 23.1 Å². The second-order valence-electron chi connectivity index (χ2n) is 3.98. The predicted octanol–water partition coefficient (Wildman–Crippen LogP) is 2.10. The summed E-state index contributed by atoms with van der Waals surface area (Å²) in [6.07, 6.45) is 2.00. The van der Waals surface area contributed by atoms with Gasteiger partial charge in [0, 0.05) is 11.3 Å². The summed E-state index contributed by atoms with van der Waals surface area (Å²) >= 11 is 1.65. The van der Waals surface area contributed by atoms with Crippen LogP contribution in [-0.4, -0.2) is 29.3 Å². The Morgan fingerprint density at radius 2 is 2.19 bits per heavy atom. The molecule has 0 spiro atoms. The van der Waals surface area contributed by atoms with Crippen LogP contribution in [0.4, 0.5) is 11.4 Å². The lowest BCUT2D eigenvalue weighted by Crippen LogP contribution is -2.31. The molecule has 0 aliphatic heterocycles. The molecule has 3 nitrogen and oxygen atoms in total. The minimum Gasteiger partial charge on any atom is -0.397 e. The Morgan fingerprint density at radius 3 is 2.75 bits per heavy atom. The number of hydrogen-bond donors (Lipinski definition) is 3. The summed E-state index contributed by atoms with van der Waals surface area (Å²) in [4.78, 5) is 0. The molecule has 0 saturated carbocycles. The first-order chi connectivity index (χ1) is 7.58. The average molecular weight is 240 g/mol. The molecule has 1 aromatic carbocycles.